The molecule has 0 atom stereocenters. The molecule has 2 N–H and O–H groups in total. The maximum Gasteiger partial charge on any atom is 0.416 e. The van der Waals surface area contributed by atoms with E-state index in [1.807, 2.05) is 0 Å². The number of sulfonamides is 1. The number of carboxylic acid groups (broad SMARTS) is 1. The molecule has 1 heterocycles. The highest BCUT2D eigenvalue weighted by molar-refractivity contribution is 7.92. The first-order valence-electron chi connectivity index (χ1n) is 9.31. The third-order valence-electron chi connectivity index (χ3n) is 5.02. The van der Waals surface area contributed by atoms with Crippen molar-refractivity contribution in [3.63, 3.8) is 0 Å². The van der Waals surface area contributed by atoms with Crippen LogP contribution in [0.25, 0.3) is 5.69 Å². The Hall–Kier alpha value is -3.27. The number of hydrogen-bond acceptors (Lipinski definition) is 3. The van der Waals surface area contributed by atoms with E-state index in [2.05, 4.69) is 4.72 Å². The van der Waals surface area contributed by atoms with Gasteiger partial charge in [0.2, 0.25) is 0 Å². The normalized spacial score (nSPS) is 14.4. The van der Waals surface area contributed by atoms with Crippen LogP contribution >= 0.6 is 0 Å². The Morgan fingerprint density at radius 2 is 1.74 bits per heavy atom. The molecule has 6 nitrogen and oxygen atoms in total. The van der Waals surface area contributed by atoms with E-state index in [0.29, 0.717) is 5.56 Å². The smallest absolute Gasteiger partial charge is 0.416 e. The van der Waals surface area contributed by atoms with Crippen molar-refractivity contribution in [2.45, 2.75) is 29.8 Å². The highest BCUT2D eigenvalue weighted by Gasteiger charge is 2.34. The standard InChI is InChI=1S/C21H17F3N2O4S/c22-21(23,24)15-6-8-18(26-9-1-2-10-26)17(12-15)25-31(29,30)19-11-14(20(27)28)5-7-16(19)13-3-4-13/h1-2,5-13,25H,3-4H2,(H,27,28). The van der Waals surface area contributed by atoms with Crippen LogP contribution in [0.3, 0.4) is 0 Å². The summed E-state index contributed by atoms with van der Waals surface area (Å²) in [5, 5.41) is 9.26. The first kappa shape index (κ1) is 21.0. The van der Waals surface area contributed by atoms with Crippen molar-refractivity contribution in [1.29, 1.82) is 0 Å². The van der Waals surface area contributed by atoms with E-state index in [0.717, 1.165) is 31.0 Å². The quantitative estimate of drug-likeness (QED) is 0.561. The minimum atomic E-state index is -4.67. The summed E-state index contributed by atoms with van der Waals surface area (Å²) in [5.41, 5.74) is -0.855. The van der Waals surface area contributed by atoms with Gasteiger partial charge in [0.15, 0.2) is 0 Å². The molecule has 0 saturated heterocycles. The fourth-order valence-corrected chi connectivity index (χ4v) is 4.74. The molecule has 162 valence electrons. The summed E-state index contributed by atoms with van der Waals surface area (Å²) < 4.78 is 70.0. The SMILES string of the molecule is O=C(O)c1ccc(C2CC2)c(S(=O)(=O)Nc2cc(C(F)(F)F)ccc2-n2cccc2)c1. The first-order valence-corrected chi connectivity index (χ1v) is 10.8. The Morgan fingerprint density at radius 3 is 2.32 bits per heavy atom. The summed E-state index contributed by atoms with van der Waals surface area (Å²) in [6, 6.07) is 9.89. The van der Waals surface area contributed by atoms with Crippen molar-refractivity contribution >= 4 is 21.7 Å². The molecule has 0 unspecified atom stereocenters. The van der Waals surface area contributed by atoms with Gasteiger partial charge in [0.25, 0.3) is 10.0 Å². The van der Waals surface area contributed by atoms with Crippen molar-refractivity contribution in [3.05, 3.63) is 77.6 Å². The van der Waals surface area contributed by atoms with Crippen molar-refractivity contribution < 1.29 is 31.5 Å². The predicted octanol–water partition coefficient (Wildman–Crippen LogP) is 4.87. The van der Waals surface area contributed by atoms with Gasteiger partial charge in [0, 0.05) is 12.4 Å². The number of aromatic nitrogens is 1. The average Bonchev–Trinajstić information content (AvgIpc) is 3.40. The molecule has 1 fully saturated rings. The van der Waals surface area contributed by atoms with Gasteiger partial charge in [-0.1, -0.05) is 6.07 Å². The minimum Gasteiger partial charge on any atom is -0.478 e. The lowest BCUT2D eigenvalue weighted by Gasteiger charge is -2.18. The van der Waals surface area contributed by atoms with Crippen LogP contribution in [-0.4, -0.2) is 24.1 Å². The third kappa shape index (κ3) is 4.29. The zero-order chi connectivity index (χ0) is 22.4. The molecular formula is C21H17F3N2O4S. The van der Waals surface area contributed by atoms with Crippen molar-refractivity contribution in [3.8, 4) is 5.69 Å². The second kappa shape index (κ2) is 7.45. The van der Waals surface area contributed by atoms with E-state index in [9.17, 15) is 31.5 Å². The molecule has 0 amide bonds. The van der Waals surface area contributed by atoms with Gasteiger partial charge in [-0.3, -0.25) is 4.72 Å². The van der Waals surface area contributed by atoms with Crippen LogP contribution in [0.4, 0.5) is 18.9 Å². The zero-order valence-electron chi connectivity index (χ0n) is 15.9. The molecule has 0 bridgehead atoms. The predicted molar refractivity (Wildman–Crippen MR) is 107 cm³/mol. The second-order valence-electron chi connectivity index (χ2n) is 7.26. The number of nitrogens with zero attached hydrogens (tertiary/aromatic N) is 1. The number of carbonyl (C=O) groups is 1. The number of anilines is 1. The Balaban J connectivity index is 1.83. The van der Waals surface area contributed by atoms with Gasteiger partial charge in [0.1, 0.15) is 0 Å². The maximum atomic E-state index is 13.3. The summed E-state index contributed by atoms with van der Waals surface area (Å²) in [6.45, 7) is 0. The Kier molecular flexibility index (Phi) is 5.04. The Morgan fingerprint density at radius 1 is 1.06 bits per heavy atom. The number of hydrogen-bond donors (Lipinski definition) is 2. The van der Waals surface area contributed by atoms with Crippen LogP contribution < -0.4 is 4.72 Å². The summed E-state index contributed by atoms with van der Waals surface area (Å²) >= 11 is 0. The molecule has 0 spiro atoms. The molecule has 2 aromatic carbocycles. The van der Waals surface area contributed by atoms with E-state index in [-0.39, 0.29) is 27.8 Å². The minimum absolute atomic E-state index is 0.0279. The average molecular weight is 450 g/mol. The second-order valence-corrected chi connectivity index (χ2v) is 8.91. The van der Waals surface area contributed by atoms with Crippen molar-refractivity contribution in [2.75, 3.05) is 4.72 Å². The molecule has 10 heteroatoms. The summed E-state index contributed by atoms with van der Waals surface area (Å²) in [7, 11) is -4.37. The largest absolute Gasteiger partial charge is 0.478 e. The number of rotatable bonds is 6. The van der Waals surface area contributed by atoms with Gasteiger partial charge in [-0.05, 0) is 66.8 Å². The molecule has 1 saturated carbocycles. The number of aromatic carboxylic acids is 1. The molecule has 31 heavy (non-hydrogen) atoms. The lowest BCUT2D eigenvalue weighted by atomic mass is 10.1. The molecule has 1 aliphatic rings. The van der Waals surface area contributed by atoms with E-state index in [1.165, 1.54) is 22.8 Å². The fraction of sp³-hybridized carbons (Fsp3) is 0.190. The Labute approximate surface area is 176 Å². The fourth-order valence-electron chi connectivity index (χ4n) is 3.35. The van der Waals surface area contributed by atoms with Crippen molar-refractivity contribution in [1.82, 2.24) is 4.57 Å². The van der Waals surface area contributed by atoms with Crippen molar-refractivity contribution in [2.24, 2.45) is 0 Å². The van der Waals surface area contributed by atoms with Gasteiger partial charge in [0.05, 0.1) is 27.4 Å². The lowest BCUT2D eigenvalue weighted by molar-refractivity contribution is -0.137. The van der Waals surface area contributed by atoms with Gasteiger partial charge in [-0.15, -0.1) is 0 Å². The maximum absolute atomic E-state index is 13.3. The van der Waals surface area contributed by atoms with Crippen LogP contribution in [0, 0.1) is 0 Å². The third-order valence-corrected chi connectivity index (χ3v) is 6.44. The van der Waals surface area contributed by atoms with Gasteiger partial charge < -0.3 is 9.67 Å². The molecule has 1 aliphatic carbocycles. The van der Waals surface area contributed by atoms with E-state index in [4.69, 9.17) is 0 Å². The molecule has 0 aliphatic heterocycles. The summed E-state index contributed by atoms with van der Waals surface area (Å²) in [6.07, 6.45) is -0.0137. The molecule has 3 aromatic rings. The number of carboxylic acids is 1. The van der Waals surface area contributed by atoms with E-state index < -0.39 is 27.7 Å². The molecule has 0 radical (unpaired) electrons. The molecule has 1 aromatic heterocycles. The topological polar surface area (TPSA) is 88.4 Å². The summed E-state index contributed by atoms with van der Waals surface area (Å²) in [4.78, 5) is 11.1. The number of benzene rings is 2. The monoisotopic (exact) mass is 450 g/mol. The molecular weight excluding hydrogens is 433 g/mol. The highest BCUT2D eigenvalue weighted by Crippen LogP contribution is 2.43. The van der Waals surface area contributed by atoms with Gasteiger partial charge in [-0.2, -0.15) is 13.2 Å². The first-order chi connectivity index (χ1) is 14.6. The van der Waals surface area contributed by atoms with Crippen LogP contribution in [0.5, 0.6) is 0 Å². The zero-order valence-corrected chi connectivity index (χ0v) is 16.7. The number of alkyl halides is 3. The number of nitrogens with one attached hydrogen (secondary N) is 1. The van der Waals surface area contributed by atoms with E-state index in [1.54, 1.807) is 24.5 Å². The van der Waals surface area contributed by atoms with Crippen LogP contribution in [0.15, 0.2) is 65.8 Å². The molecule has 4 rings (SSSR count). The van der Waals surface area contributed by atoms with Crippen LogP contribution in [0.2, 0.25) is 0 Å². The van der Waals surface area contributed by atoms with E-state index >= 15 is 0 Å². The lowest BCUT2D eigenvalue weighted by Crippen LogP contribution is -2.18. The van der Waals surface area contributed by atoms with Crippen LogP contribution in [-0.2, 0) is 16.2 Å². The van der Waals surface area contributed by atoms with Crippen LogP contribution in [0.1, 0.15) is 40.2 Å². The Bertz CT molecular complexity index is 1250. The van der Waals surface area contributed by atoms with Gasteiger partial charge in [-0.25, -0.2) is 13.2 Å². The summed E-state index contributed by atoms with van der Waals surface area (Å²) in [5.74, 6) is -1.33. The number of halogens is 3. The van der Waals surface area contributed by atoms with Gasteiger partial charge >= 0.3 is 12.1 Å². The highest BCUT2D eigenvalue weighted by atomic mass is 32.2.